The molecule has 0 amide bonds. The Hall–Kier alpha value is -2.50. The standard InChI is InChI=1S/C24H30N2O3/c1-18(2)20-8-10-21(11-9-20)23(27)16-22(24(28)29)26-14-12-25(13-15-26)17-19-6-4-3-5-7-19/h3-11,18,22H,12-17H2,1-2H3,(H,28,29). The summed E-state index contributed by atoms with van der Waals surface area (Å²) in [5.74, 6) is -0.633. The molecule has 29 heavy (non-hydrogen) atoms. The van der Waals surface area contributed by atoms with Crippen molar-refractivity contribution in [3.05, 3.63) is 71.3 Å². The largest absolute Gasteiger partial charge is 0.480 e. The SMILES string of the molecule is CC(C)c1ccc(C(=O)CC(C(=O)O)N2CCN(Cc3ccccc3)CC2)cc1. The topological polar surface area (TPSA) is 60.9 Å². The molecule has 0 aromatic heterocycles. The molecular weight excluding hydrogens is 364 g/mol. The van der Waals surface area contributed by atoms with Crippen molar-refractivity contribution in [1.82, 2.24) is 9.80 Å². The van der Waals surface area contributed by atoms with Crippen LogP contribution < -0.4 is 0 Å². The van der Waals surface area contributed by atoms with Crippen LogP contribution in [0, 0.1) is 0 Å². The highest BCUT2D eigenvalue weighted by atomic mass is 16.4. The molecular formula is C24H30N2O3. The maximum atomic E-state index is 12.7. The fraction of sp³-hybridized carbons (Fsp3) is 0.417. The van der Waals surface area contributed by atoms with Crippen LogP contribution in [-0.2, 0) is 11.3 Å². The van der Waals surface area contributed by atoms with Gasteiger partial charge in [0.15, 0.2) is 5.78 Å². The third-order valence-electron chi connectivity index (χ3n) is 5.66. The van der Waals surface area contributed by atoms with Crippen LogP contribution >= 0.6 is 0 Å². The molecule has 0 saturated carbocycles. The fourth-order valence-electron chi connectivity index (χ4n) is 3.79. The van der Waals surface area contributed by atoms with E-state index in [1.165, 1.54) is 11.1 Å². The highest BCUT2D eigenvalue weighted by molar-refractivity contribution is 5.98. The van der Waals surface area contributed by atoms with E-state index in [1.807, 2.05) is 47.4 Å². The van der Waals surface area contributed by atoms with Crippen LogP contribution in [0.3, 0.4) is 0 Å². The predicted octanol–water partition coefficient (Wildman–Crippen LogP) is 3.65. The van der Waals surface area contributed by atoms with Gasteiger partial charge in [-0.2, -0.15) is 0 Å². The summed E-state index contributed by atoms with van der Waals surface area (Å²) in [7, 11) is 0. The van der Waals surface area contributed by atoms with E-state index >= 15 is 0 Å². The van der Waals surface area contributed by atoms with Gasteiger partial charge in [0.2, 0.25) is 0 Å². The van der Waals surface area contributed by atoms with Crippen LogP contribution in [0.5, 0.6) is 0 Å². The molecule has 3 rings (SSSR count). The number of piperazine rings is 1. The summed E-state index contributed by atoms with van der Waals surface area (Å²) >= 11 is 0. The summed E-state index contributed by atoms with van der Waals surface area (Å²) in [6.07, 6.45) is 0.00897. The first-order valence-corrected chi connectivity index (χ1v) is 10.3. The van der Waals surface area contributed by atoms with Crippen molar-refractivity contribution < 1.29 is 14.7 Å². The molecule has 0 aliphatic carbocycles. The van der Waals surface area contributed by atoms with Gasteiger partial charge in [-0.05, 0) is 17.0 Å². The van der Waals surface area contributed by atoms with E-state index in [4.69, 9.17) is 0 Å². The number of aliphatic carboxylic acids is 1. The minimum Gasteiger partial charge on any atom is -0.480 e. The number of carbonyl (C=O) groups excluding carboxylic acids is 1. The highest BCUT2D eigenvalue weighted by Crippen LogP contribution is 2.18. The van der Waals surface area contributed by atoms with Gasteiger partial charge in [-0.15, -0.1) is 0 Å². The van der Waals surface area contributed by atoms with Gasteiger partial charge in [-0.1, -0.05) is 68.4 Å². The second kappa shape index (κ2) is 9.81. The first-order valence-electron chi connectivity index (χ1n) is 10.3. The van der Waals surface area contributed by atoms with Crippen molar-refractivity contribution >= 4 is 11.8 Å². The molecule has 1 heterocycles. The monoisotopic (exact) mass is 394 g/mol. The summed E-state index contributed by atoms with van der Waals surface area (Å²) in [5, 5.41) is 9.73. The zero-order chi connectivity index (χ0) is 20.8. The van der Waals surface area contributed by atoms with E-state index < -0.39 is 12.0 Å². The second-order valence-electron chi connectivity index (χ2n) is 8.06. The Morgan fingerprint density at radius 3 is 2.10 bits per heavy atom. The predicted molar refractivity (Wildman–Crippen MR) is 114 cm³/mol. The van der Waals surface area contributed by atoms with Gasteiger partial charge < -0.3 is 5.11 Å². The Bertz CT molecular complexity index is 810. The van der Waals surface area contributed by atoms with E-state index in [0.717, 1.165) is 19.6 Å². The molecule has 1 aliphatic rings. The van der Waals surface area contributed by atoms with Crippen LogP contribution in [0.15, 0.2) is 54.6 Å². The zero-order valence-corrected chi connectivity index (χ0v) is 17.3. The number of carboxylic acids is 1. The quantitative estimate of drug-likeness (QED) is 0.693. The molecule has 1 aliphatic heterocycles. The number of rotatable bonds is 8. The molecule has 5 heteroatoms. The first-order chi connectivity index (χ1) is 13.9. The number of Topliss-reactive ketones (excluding diaryl/α,β-unsaturated/α-hetero) is 1. The summed E-state index contributed by atoms with van der Waals surface area (Å²) in [6, 6.07) is 17.1. The first kappa shape index (κ1) is 21.2. The van der Waals surface area contributed by atoms with E-state index in [0.29, 0.717) is 24.6 Å². The number of nitrogens with zero attached hydrogens (tertiary/aromatic N) is 2. The molecule has 0 spiro atoms. The number of hydrogen-bond acceptors (Lipinski definition) is 4. The van der Waals surface area contributed by atoms with Crippen molar-refractivity contribution in [1.29, 1.82) is 0 Å². The summed E-state index contributed by atoms with van der Waals surface area (Å²) in [6.45, 7) is 8.00. The lowest BCUT2D eigenvalue weighted by Gasteiger charge is -2.37. The lowest BCUT2D eigenvalue weighted by molar-refractivity contribution is -0.144. The molecule has 0 radical (unpaired) electrons. The fourth-order valence-corrected chi connectivity index (χ4v) is 3.79. The molecule has 1 fully saturated rings. The average Bonchev–Trinajstić information content (AvgIpc) is 2.73. The third-order valence-corrected chi connectivity index (χ3v) is 5.66. The molecule has 5 nitrogen and oxygen atoms in total. The normalized spacial score (nSPS) is 16.7. The smallest absolute Gasteiger partial charge is 0.321 e. The Labute approximate surface area is 172 Å². The number of hydrogen-bond donors (Lipinski definition) is 1. The van der Waals surface area contributed by atoms with Gasteiger partial charge in [-0.25, -0.2) is 0 Å². The Morgan fingerprint density at radius 2 is 1.55 bits per heavy atom. The van der Waals surface area contributed by atoms with Crippen LogP contribution in [0.2, 0.25) is 0 Å². The van der Waals surface area contributed by atoms with E-state index in [2.05, 4.69) is 30.9 Å². The van der Waals surface area contributed by atoms with Crippen LogP contribution in [-0.4, -0.2) is 58.9 Å². The minimum absolute atomic E-state index is 0.00897. The molecule has 2 aromatic rings. The molecule has 154 valence electrons. The lowest BCUT2D eigenvalue weighted by Crippen LogP contribution is -2.52. The lowest BCUT2D eigenvalue weighted by atomic mass is 9.97. The summed E-state index contributed by atoms with van der Waals surface area (Å²) < 4.78 is 0. The van der Waals surface area contributed by atoms with Gasteiger partial charge in [0.05, 0.1) is 0 Å². The van der Waals surface area contributed by atoms with Gasteiger partial charge in [0.25, 0.3) is 0 Å². The van der Waals surface area contributed by atoms with E-state index in [1.54, 1.807) is 0 Å². The second-order valence-corrected chi connectivity index (χ2v) is 8.06. The molecule has 1 N–H and O–H groups in total. The molecule has 1 atom stereocenters. The summed E-state index contributed by atoms with van der Waals surface area (Å²) in [4.78, 5) is 28.8. The minimum atomic E-state index is -0.923. The maximum Gasteiger partial charge on any atom is 0.321 e. The summed E-state index contributed by atoms with van der Waals surface area (Å²) in [5.41, 5.74) is 3.02. The van der Waals surface area contributed by atoms with Crippen LogP contribution in [0.4, 0.5) is 0 Å². The number of carbonyl (C=O) groups is 2. The van der Waals surface area contributed by atoms with Crippen molar-refractivity contribution in [2.24, 2.45) is 0 Å². The van der Waals surface area contributed by atoms with Gasteiger partial charge in [0, 0.05) is 44.7 Å². The third kappa shape index (κ3) is 5.75. The van der Waals surface area contributed by atoms with Crippen molar-refractivity contribution in [2.75, 3.05) is 26.2 Å². The van der Waals surface area contributed by atoms with E-state index in [-0.39, 0.29) is 12.2 Å². The average molecular weight is 395 g/mol. The van der Waals surface area contributed by atoms with Crippen LogP contribution in [0.1, 0.15) is 47.7 Å². The molecule has 0 bridgehead atoms. The van der Waals surface area contributed by atoms with Gasteiger partial charge in [0.1, 0.15) is 6.04 Å². The molecule has 1 saturated heterocycles. The van der Waals surface area contributed by atoms with Gasteiger partial charge in [-0.3, -0.25) is 19.4 Å². The Balaban J connectivity index is 1.57. The van der Waals surface area contributed by atoms with Crippen LogP contribution in [0.25, 0.3) is 0 Å². The zero-order valence-electron chi connectivity index (χ0n) is 17.3. The van der Waals surface area contributed by atoms with E-state index in [9.17, 15) is 14.7 Å². The molecule has 2 aromatic carbocycles. The Morgan fingerprint density at radius 1 is 0.931 bits per heavy atom. The Kier molecular flexibility index (Phi) is 7.18. The van der Waals surface area contributed by atoms with Gasteiger partial charge >= 0.3 is 5.97 Å². The highest BCUT2D eigenvalue weighted by Gasteiger charge is 2.31. The number of ketones is 1. The number of benzene rings is 2. The number of carboxylic acid groups (broad SMARTS) is 1. The van der Waals surface area contributed by atoms with Crippen molar-refractivity contribution in [2.45, 2.75) is 38.8 Å². The maximum absolute atomic E-state index is 12.7. The van der Waals surface area contributed by atoms with Crippen molar-refractivity contribution in [3.8, 4) is 0 Å². The van der Waals surface area contributed by atoms with Crippen molar-refractivity contribution in [3.63, 3.8) is 0 Å². The molecule has 1 unspecified atom stereocenters.